The Morgan fingerprint density at radius 2 is 1.41 bits per heavy atom. The highest BCUT2D eigenvalue weighted by molar-refractivity contribution is 9.10. The van der Waals surface area contributed by atoms with E-state index >= 15 is 0 Å². The fourth-order valence-electron chi connectivity index (χ4n) is 7.01. The molecule has 46 heavy (non-hydrogen) atoms. The van der Waals surface area contributed by atoms with Crippen molar-refractivity contribution in [3.8, 4) is 5.75 Å². The highest BCUT2D eigenvalue weighted by atomic mass is 79.9. The molecule has 3 aliphatic heterocycles. The molecule has 3 aliphatic rings. The van der Waals surface area contributed by atoms with Crippen LogP contribution in [0.1, 0.15) is 66.3 Å². The maximum absolute atomic E-state index is 14.2. The van der Waals surface area contributed by atoms with Crippen molar-refractivity contribution in [2.24, 2.45) is 0 Å². The Kier molecular flexibility index (Phi) is 7.99. The number of nitrogens with one attached hydrogen (secondary N) is 1. The van der Waals surface area contributed by atoms with E-state index in [4.69, 9.17) is 4.74 Å². The predicted molar refractivity (Wildman–Crippen MR) is 183 cm³/mol. The van der Waals surface area contributed by atoms with Crippen LogP contribution in [-0.4, -0.2) is 37.0 Å². The molecule has 1 fully saturated rings. The summed E-state index contributed by atoms with van der Waals surface area (Å²) in [7, 11) is 0. The number of anilines is 2. The van der Waals surface area contributed by atoms with E-state index in [1.165, 1.54) is 22.9 Å². The SMILES string of the molecule is CC(C)Oc1ccc(Br)cc1/C=C1\C(=O)NC(=O)N(c2cc3c4c(c2)[C@@H](c2ccccc2)CCN4CC[C@@H]3c2ccccc2)C1=O. The fourth-order valence-corrected chi connectivity index (χ4v) is 7.39. The molecule has 232 valence electrons. The average molecular weight is 677 g/mol. The molecule has 8 heteroatoms. The van der Waals surface area contributed by atoms with E-state index in [2.05, 4.69) is 50.4 Å². The third kappa shape index (κ3) is 5.51. The zero-order valence-electron chi connectivity index (χ0n) is 25.7. The van der Waals surface area contributed by atoms with Gasteiger partial charge in [0, 0.05) is 40.6 Å². The zero-order valence-corrected chi connectivity index (χ0v) is 27.3. The van der Waals surface area contributed by atoms with Crippen LogP contribution >= 0.6 is 15.9 Å². The van der Waals surface area contributed by atoms with Gasteiger partial charge in [0.1, 0.15) is 11.3 Å². The molecule has 0 saturated carbocycles. The smallest absolute Gasteiger partial charge is 0.335 e. The monoisotopic (exact) mass is 675 g/mol. The van der Waals surface area contributed by atoms with Crippen LogP contribution in [0.2, 0.25) is 0 Å². The summed E-state index contributed by atoms with van der Waals surface area (Å²) < 4.78 is 6.74. The van der Waals surface area contributed by atoms with E-state index in [9.17, 15) is 14.4 Å². The molecule has 1 N–H and O–H groups in total. The van der Waals surface area contributed by atoms with E-state index < -0.39 is 17.8 Å². The number of amides is 4. The Morgan fingerprint density at radius 1 is 0.826 bits per heavy atom. The van der Waals surface area contributed by atoms with Crippen molar-refractivity contribution in [2.45, 2.75) is 44.6 Å². The number of rotatable bonds is 6. The van der Waals surface area contributed by atoms with Gasteiger partial charge in [-0.25, -0.2) is 9.69 Å². The van der Waals surface area contributed by atoms with Crippen LogP contribution in [0.15, 0.2) is 101 Å². The van der Waals surface area contributed by atoms with Crippen molar-refractivity contribution < 1.29 is 19.1 Å². The van der Waals surface area contributed by atoms with Crippen molar-refractivity contribution in [2.75, 3.05) is 22.9 Å². The molecule has 1 saturated heterocycles. The Labute approximate surface area is 277 Å². The number of carbonyl (C=O) groups excluding carboxylic acids is 3. The second-order valence-corrected chi connectivity index (χ2v) is 13.2. The van der Waals surface area contributed by atoms with Gasteiger partial charge in [-0.1, -0.05) is 76.6 Å². The minimum atomic E-state index is -0.761. The number of barbiturate groups is 1. The molecule has 3 heterocycles. The van der Waals surface area contributed by atoms with Crippen LogP contribution in [0.3, 0.4) is 0 Å². The van der Waals surface area contributed by atoms with Crippen LogP contribution < -0.4 is 19.9 Å². The lowest BCUT2D eigenvalue weighted by Crippen LogP contribution is -2.54. The number of hydrogen-bond acceptors (Lipinski definition) is 5. The zero-order chi connectivity index (χ0) is 31.9. The summed E-state index contributed by atoms with van der Waals surface area (Å²) in [5, 5.41) is 2.43. The Morgan fingerprint density at radius 3 is 1.98 bits per heavy atom. The molecule has 0 radical (unpaired) electrons. The van der Waals surface area contributed by atoms with Crippen molar-refractivity contribution in [3.63, 3.8) is 0 Å². The topological polar surface area (TPSA) is 79.0 Å². The van der Waals surface area contributed by atoms with Crippen LogP contribution in [0.4, 0.5) is 16.2 Å². The van der Waals surface area contributed by atoms with E-state index in [0.717, 1.165) is 46.4 Å². The predicted octanol–water partition coefficient (Wildman–Crippen LogP) is 7.78. The summed E-state index contributed by atoms with van der Waals surface area (Å²) >= 11 is 3.49. The van der Waals surface area contributed by atoms with Crippen LogP contribution in [0, 0.1) is 0 Å². The summed E-state index contributed by atoms with van der Waals surface area (Å²) in [5.74, 6) is -0.691. The summed E-state index contributed by atoms with van der Waals surface area (Å²) in [4.78, 5) is 44.5. The van der Waals surface area contributed by atoms with Crippen molar-refractivity contribution >= 4 is 51.2 Å². The first-order valence-corrected chi connectivity index (χ1v) is 16.5. The van der Waals surface area contributed by atoms with Crippen LogP contribution in [0.25, 0.3) is 6.08 Å². The number of hydrogen-bond donors (Lipinski definition) is 1. The lowest BCUT2D eigenvalue weighted by atomic mass is 9.76. The van der Waals surface area contributed by atoms with Crippen LogP contribution in [0.5, 0.6) is 5.75 Å². The molecule has 7 rings (SSSR count). The summed E-state index contributed by atoms with van der Waals surface area (Å²) in [6.45, 7) is 5.68. The number of urea groups is 1. The Balaban J connectivity index is 1.38. The Hall–Kier alpha value is -4.69. The molecule has 4 aromatic rings. The number of halogens is 1. The maximum Gasteiger partial charge on any atom is 0.335 e. The molecular formula is C38H34BrN3O4. The second kappa shape index (κ2) is 12.2. The van der Waals surface area contributed by atoms with Gasteiger partial charge in [0.25, 0.3) is 11.8 Å². The van der Waals surface area contributed by atoms with E-state index in [0.29, 0.717) is 17.0 Å². The minimum Gasteiger partial charge on any atom is -0.490 e. The fraction of sp³-hybridized carbons (Fsp3) is 0.237. The average Bonchev–Trinajstić information content (AvgIpc) is 3.05. The number of benzene rings is 4. The maximum atomic E-state index is 14.2. The number of nitrogens with zero attached hydrogens (tertiary/aromatic N) is 2. The first-order chi connectivity index (χ1) is 22.3. The van der Waals surface area contributed by atoms with Gasteiger partial charge in [-0.2, -0.15) is 0 Å². The minimum absolute atomic E-state index is 0.0951. The van der Waals surface area contributed by atoms with Gasteiger partial charge in [-0.15, -0.1) is 0 Å². The molecular weight excluding hydrogens is 642 g/mol. The molecule has 0 bridgehead atoms. The molecule has 0 aromatic heterocycles. The van der Waals surface area contributed by atoms with Crippen molar-refractivity contribution in [3.05, 3.63) is 129 Å². The number of carbonyl (C=O) groups is 3. The van der Waals surface area contributed by atoms with Crippen molar-refractivity contribution in [1.82, 2.24) is 5.32 Å². The first-order valence-electron chi connectivity index (χ1n) is 15.7. The normalized spacial score (nSPS) is 20.2. The van der Waals surface area contributed by atoms with Gasteiger partial charge in [-0.05, 0) is 85.4 Å². The largest absolute Gasteiger partial charge is 0.490 e. The highest BCUT2D eigenvalue weighted by Gasteiger charge is 2.40. The van der Waals surface area contributed by atoms with Gasteiger partial charge in [-0.3, -0.25) is 14.9 Å². The van der Waals surface area contributed by atoms with Gasteiger partial charge in [0.05, 0.1) is 11.8 Å². The standard InChI is InChI=1S/C38H34BrN3O4/c1-23(2)46-34-14-13-27(39)19-26(34)20-33-36(43)40-38(45)42(37(33)44)28-21-31-29(24-9-5-3-6-10-24)15-17-41-18-16-30(32(22-28)35(31)41)25-11-7-4-8-12-25/h3-14,19-23,29-30H,15-18H2,1-2H3,(H,40,43,45)/b33-20+/t29-,30-/m1/s1. The lowest BCUT2D eigenvalue weighted by Gasteiger charge is -2.44. The summed E-state index contributed by atoms with van der Waals surface area (Å²) in [6.07, 6.45) is 3.22. The third-order valence-corrected chi connectivity index (χ3v) is 9.49. The van der Waals surface area contributed by atoms with E-state index in [1.54, 1.807) is 12.1 Å². The first kappa shape index (κ1) is 30.0. The van der Waals surface area contributed by atoms with E-state index in [-0.39, 0.29) is 23.5 Å². The second-order valence-electron chi connectivity index (χ2n) is 12.3. The molecule has 0 aliphatic carbocycles. The third-order valence-electron chi connectivity index (χ3n) is 8.99. The Bertz CT molecular complexity index is 1800. The molecule has 7 nitrogen and oxygen atoms in total. The lowest BCUT2D eigenvalue weighted by molar-refractivity contribution is -0.122. The molecule has 0 spiro atoms. The number of imide groups is 2. The molecule has 0 unspecified atom stereocenters. The molecule has 2 atom stereocenters. The van der Waals surface area contributed by atoms with Crippen LogP contribution in [-0.2, 0) is 9.59 Å². The number of ether oxygens (including phenoxy) is 1. The van der Waals surface area contributed by atoms with E-state index in [1.807, 2.05) is 68.4 Å². The molecule has 4 aromatic carbocycles. The van der Waals surface area contributed by atoms with Gasteiger partial charge >= 0.3 is 6.03 Å². The summed E-state index contributed by atoms with van der Waals surface area (Å²) in [6, 6.07) is 29.4. The summed E-state index contributed by atoms with van der Waals surface area (Å²) in [5.41, 5.74) is 6.63. The van der Waals surface area contributed by atoms with Gasteiger partial charge < -0.3 is 9.64 Å². The van der Waals surface area contributed by atoms with Crippen molar-refractivity contribution in [1.29, 1.82) is 0 Å². The molecule has 4 amide bonds. The highest BCUT2D eigenvalue weighted by Crippen LogP contribution is 2.50. The van der Waals surface area contributed by atoms with Gasteiger partial charge in [0.2, 0.25) is 0 Å². The van der Waals surface area contributed by atoms with Gasteiger partial charge in [0.15, 0.2) is 0 Å². The quantitative estimate of drug-likeness (QED) is 0.167.